The standard InChI is InChI=1S/C18H22N2O4S2/c1-12(21)14-5-7-15(8-6-14)19-17(23)13(2)24-16(22)11-26-18(25)20-9-3-4-10-20/h5-8,13H,3-4,9-11H2,1-2H3,(H,19,23)/t13-/m0/s1. The van der Waals surface area contributed by atoms with Crippen molar-refractivity contribution in [3.8, 4) is 0 Å². The van der Waals surface area contributed by atoms with E-state index in [1.54, 1.807) is 24.3 Å². The lowest BCUT2D eigenvalue weighted by Gasteiger charge is -2.18. The predicted octanol–water partition coefficient (Wildman–Crippen LogP) is 2.87. The molecule has 1 fully saturated rings. The number of nitrogens with one attached hydrogen (secondary N) is 1. The van der Waals surface area contributed by atoms with Crippen LogP contribution in [0.25, 0.3) is 0 Å². The van der Waals surface area contributed by atoms with Crippen LogP contribution in [0.3, 0.4) is 0 Å². The fraction of sp³-hybridized carbons (Fsp3) is 0.444. The van der Waals surface area contributed by atoms with Crippen molar-refractivity contribution in [1.82, 2.24) is 4.90 Å². The number of anilines is 1. The van der Waals surface area contributed by atoms with Crippen LogP contribution in [0.5, 0.6) is 0 Å². The molecule has 26 heavy (non-hydrogen) atoms. The fourth-order valence-corrected chi connectivity index (χ4v) is 3.46. The molecule has 6 nitrogen and oxygen atoms in total. The molecule has 2 rings (SSSR count). The van der Waals surface area contributed by atoms with Crippen LogP contribution in [0.2, 0.25) is 0 Å². The summed E-state index contributed by atoms with van der Waals surface area (Å²) in [6.07, 6.45) is 1.32. The van der Waals surface area contributed by atoms with Gasteiger partial charge in [-0.15, -0.1) is 0 Å². The molecular formula is C18H22N2O4S2. The van der Waals surface area contributed by atoms with Crippen molar-refractivity contribution in [3.05, 3.63) is 29.8 Å². The van der Waals surface area contributed by atoms with Crippen molar-refractivity contribution in [3.63, 3.8) is 0 Å². The molecule has 1 aromatic rings. The van der Waals surface area contributed by atoms with E-state index >= 15 is 0 Å². The van der Waals surface area contributed by atoms with Crippen molar-refractivity contribution in [2.45, 2.75) is 32.8 Å². The average Bonchev–Trinajstić information content (AvgIpc) is 3.14. The van der Waals surface area contributed by atoms with E-state index in [0.717, 1.165) is 25.9 Å². The molecule has 0 saturated carbocycles. The summed E-state index contributed by atoms with van der Waals surface area (Å²) in [7, 11) is 0. The summed E-state index contributed by atoms with van der Waals surface area (Å²) in [5, 5.41) is 2.65. The Morgan fingerprint density at radius 3 is 2.42 bits per heavy atom. The minimum absolute atomic E-state index is 0.0467. The van der Waals surface area contributed by atoms with E-state index < -0.39 is 18.0 Å². The number of amides is 1. The van der Waals surface area contributed by atoms with Gasteiger partial charge in [-0.1, -0.05) is 24.0 Å². The van der Waals surface area contributed by atoms with Gasteiger partial charge in [0.2, 0.25) is 0 Å². The number of benzene rings is 1. The normalized spacial score (nSPS) is 14.6. The van der Waals surface area contributed by atoms with E-state index in [0.29, 0.717) is 15.6 Å². The van der Waals surface area contributed by atoms with Gasteiger partial charge in [0.15, 0.2) is 11.9 Å². The van der Waals surface area contributed by atoms with Crippen molar-refractivity contribution in [1.29, 1.82) is 0 Å². The number of thiocarbonyl (C=S) groups is 1. The molecule has 1 aromatic carbocycles. The molecule has 0 aromatic heterocycles. The maximum absolute atomic E-state index is 12.1. The average molecular weight is 395 g/mol. The SMILES string of the molecule is CC(=O)c1ccc(NC(=O)[C@H](C)OC(=O)CSC(=S)N2CCCC2)cc1. The topological polar surface area (TPSA) is 75.7 Å². The Morgan fingerprint density at radius 2 is 1.85 bits per heavy atom. The number of rotatable bonds is 6. The van der Waals surface area contributed by atoms with Crippen molar-refractivity contribution >= 4 is 51.6 Å². The third-order valence-corrected chi connectivity index (χ3v) is 5.41. The van der Waals surface area contributed by atoms with Crippen molar-refractivity contribution < 1.29 is 19.1 Å². The molecule has 0 bridgehead atoms. The zero-order valence-corrected chi connectivity index (χ0v) is 16.5. The van der Waals surface area contributed by atoms with Crippen molar-refractivity contribution in [2.75, 3.05) is 24.2 Å². The van der Waals surface area contributed by atoms with E-state index in [9.17, 15) is 14.4 Å². The van der Waals surface area contributed by atoms with Crippen LogP contribution in [-0.4, -0.2) is 51.8 Å². The number of carbonyl (C=O) groups is 3. The molecule has 140 valence electrons. The molecule has 1 N–H and O–H groups in total. The second kappa shape index (κ2) is 9.68. The molecule has 0 spiro atoms. The van der Waals surface area contributed by atoms with Gasteiger partial charge in [0.1, 0.15) is 4.32 Å². The zero-order chi connectivity index (χ0) is 19.1. The first-order chi connectivity index (χ1) is 12.4. The predicted molar refractivity (Wildman–Crippen MR) is 106 cm³/mol. The van der Waals surface area contributed by atoms with Gasteiger partial charge in [0.25, 0.3) is 5.91 Å². The molecular weight excluding hydrogens is 372 g/mol. The number of thioether (sulfide) groups is 1. The highest BCUT2D eigenvalue weighted by Crippen LogP contribution is 2.17. The first kappa shape index (κ1) is 20.4. The number of hydrogen-bond donors (Lipinski definition) is 1. The van der Waals surface area contributed by atoms with Crippen LogP contribution < -0.4 is 5.32 Å². The summed E-state index contributed by atoms with van der Waals surface area (Å²) in [4.78, 5) is 37.3. The lowest BCUT2D eigenvalue weighted by molar-refractivity contribution is -0.150. The summed E-state index contributed by atoms with van der Waals surface area (Å²) in [5.41, 5.74) is 1.10. The van der Waals surface area contributed by atoms with Crippen LogP contribution in [0.1, 0.15) is 37.0 Å². The summed E-state index contributed by atoms with van der Waals surface area (Å²) >= 11 is 6.55. The fourth-order valence-electron chi connectivity index (χ4n) is 2.43. The largest absolute Gasteiger partial charge is 0.452 e. The van der Waals surface area contributed by atoms with Crippen LogP contribution >= 0.6 is 24.0 Å². The Bertz CT molecular complexity index is 685. The van der Waals surface area contributed by atoms with E-state index in [1.165, 1.54) is 25.6 Å². The third-order valence-electron chi connectivity index (χ3n) is 3.91. The Labute approximate surface area is 162 Å². The molecule has 1 saturated heterocycles. The van der Waals surface area contributed by atoms with Crippen molar-refractivity contribution in [2.24, 2.45) is 0 Å². The van der Waals surface area contributed by atoms with E-state index in [4.69, 9.17) is 17.0 Å². The highest BCUT2D eigenvalue weighted by molar-refractivity contribution is 8.23. The molecule has 1 amide bonds. The number of carbonyl (C=O) groups excluding carboxylic acids is 3. The highest BCUT2D eigenvalue weighted by Gasteiger charge is 2.20. The third kappa shape index (κ3) is 6.10. The first-order valence-electron chi connectivity index (χ1n) is 8.40. The Balaban J connectivity index is 1.75. The smallest absolute Gasteiger partial charge is 0.317 e. The van der Waals surface area contributed by atoms with Gasteiger partial charge in [-0.05, 0) is 51.0 Å². The summed E-state index contributed by atoms with van der Waals surface area (Å²) in [6.45, 7) is 4.85. The van der Waals surface area contributed by atoms with Gasteiger partial charge < -0.3 is 15.0 Å². The Morgan fingerprint density at radius 1 is 1.23 bits per heavy atom. The number of likely N-dealkylation sites (tertiary alicyclic amines) is 1. The number of ketones is 1. The Kier molecular flexibility index (Phi) is 7.59. The van der Waals surface area contributed by atoms with Gasteiger partial charge in [-0.2, -0.15) is 0 Å². The van der Waals surface area contributed by atoms with Gasteiger partial charge >= 0.3 is 5.97 Å². The minimum Gasteiger partial charge on any atom is -0.452 e. The maximum atomic E-state index is 12.1. The van der Waals surface area contributed by atoms with Gasteiger partial charge in [0.05, 0.1) is 5.75 Å². The monoisotopic (exact) mass is 394 g/mol. The van der Waals surface area contributed by atoms with Gasteiger partial charge in [-0.25, -0.2) is 0 Å². The lowest BCUT2D eigenvalue weighted by Crippen LogP contribution is -2.31. The second-order valence-electron chi connectivity index (χ2n) is 6.00. The highest BCUT2D eigenvalue weighted by atomic mass is 32.2. The van der Waals surface area contributed by atoms with Gasteiger partial charge in [0, 0.05) is 24.3 Å². The van der Waals surface area contributed by atoms with Gasteiger partial charge in [-0.3, -0.25) is 14.4 Å². The molecule has 1 aliphatic heterocycles. The second-order valence-corrected chi connectivity index (χ2v) is 7.61. The minimum atomic E-state index is -0.920. The molecule has 1 atom stereocenters. The quantitative estimate of drug-likeness (QED) is 0.452. The van der Waals surface area contributed by atoms with Crippen LogP contribution in [0.15, 0.2) is 24.3 Å². The molecule has 0 unspecified atom stereocenters. The molecule has 8 heteroatoms. The molecule has 0 aliphatic carbocycles. The number of ether oxygens (including phenoxy) is 1. The lowest BCUT2D eigenvalue weighted by atomic mass is 10.1. The number of hydrogen-bond acceptors (Lipinski definition) is 6. The Hall–Kier alpha value is -1.93. The molecule has 1 heterocycles. The van der Waals surface area contributed by atoms with E-state index in [2.05, 4.69) is 10.2 Å². The van der Waals surface area contributed by atoms with E-state index in [1.807, 2.05) is 0 Å². The molecule has 1 aliphatic rings. The summed E-state index contributed by atoms with van der Waals surface area (Å²) < 4.78 is 5.85. The maximum Gasteiger partial charge on any atom is 0.317 e. The number of nitrogens with zero attached hydrogens (tertiary/aromatic N) is 1. The first-order valence-corrected chi connectivity index (χ1v) is 9.79. The number of Topliss-reactive ketones (excluding diaryl/α,β-unsaturated/α-hetero) is 1. The molecule has 0 radical (unpaired) electrons. The van der Waals surface area contributed by atoms with Crippen LogP contribution in [0.4, 0.5) is 5.69 Å². The summed E-state index contributed by atoms with van der Waals surface area (Å²) in [5.74, 6) is -0.873. The van der Waals surface area contributed by atoms with E-state index in [-0.39, 0.29) is 11.5 Å². The van der Waals surface area contributed by atoms with Crippen LogP contribution in [0, 0.1) is 0 Å². The zero-order valence-electron chi connectivity index (χ0n) is 14.8. The number of esters is 1. The van der Waals surface area contributed by atoms with Crippen LogP contribution in [-0.2, 0) is 14.3 Å². The summed E-state index contributed by atoms with van der Waals surface area (Å²) in [6, 6.07) is 6.52.